The average Bonchev–Trinajstić information content (AvgIpc) is 3.09. The summed E-state index contributed by atoms with van der Waals surface area (Å²) in [6.07, 6.45) is -0.509. The van der Waals surface area contributed by atoms with Crippen LogP contribution >= 0.6 is 22.9 Å². The largest absolute Gasteiger partial charge is 0.491 e. The number of ether oxygens (including phenoxy) is 1. The number of fused-ring (bicyclic) bond motifs is 1. The number of benzene rings is 2. The van der Waals surface area contributed by atoms with Crippen LogP contribution in [0.5, 0.6) is 5.75 Å². The van der Waals surface area contributed by atoms with Gasteiger partial charge in [0.25, 0.3) is 0 Å². The Morgan fingerprint density at radius 1 is 1.10 bits per heavy atom. The first kappa shape index (κ1) is 20.6. The highest BCUT2D eigenvalue weighted by molar-refractivity contribution is 7.18. The average molecular weight is 432 g/mol. The molecule has 1 atom stereocenters. The van der Waals surface area contributed by atoms with Crippen LogP contribution in [0.15, 0.2) is 42.5 Å². The maximum atomic E-state index is 10.4. The minimum atomic E-state index is -0.509. The lowest BCUT2D eigenvalue weighted by Crippen LogP contribution is -2.48. The molecule has 154 valence electrons. The number of rotatable bonds is 7. The van der Waals surface area contributed by atoms with Gasteiger partial charge in [-0.3, -0.25) is 9.80 Å². The number of aromatic nitrogens is 1. The molecule has 1 aliphatic rings. The van der Waals surface area contributed by atoms with E-state index in [1.165, 1.54) is 5.56 Å². The van der Waals surface area contributed by atoms with Gasteiger partial charge in [0.2, 0.25) is 0 Å². The van der Waals surface area contributed by atoms with Crippen LogP contribution in [0.4, 0.5) is 0 Å². The van der Waals surface area contributed by atoms with Crippen molar-refractivity contribution >= 4 is 33.2 Å². The Kier molecular flexibility index (Phi) is 6.67. The molecule has 1 aromatic heterocycles. The molecule has 1 saturated heterocycles. The van der Waals surface area contributed by atoms with Gasteiger partial charge in [-0.2, -0.15) is 0 Å². The van der Waals surface area contributed by atoms with Gasteiger partial charge in [-0.15, -0.1) is 11.3 Å². The van der Waals surface area contributed by atoms with Crippen molar-refractivity contribution in [1.29, 1.82) is 0 Å². The Morgan fingerprint density at radius 3 is 2.59 bits per heavy atom. The summed E-state index contributed by atoms with van der Waals surface area (Å²) in [5.74, 6) is 0.759. The van der Waals surface area contributed by atoms with Gasteiger partial charge in [0, 0.05) is 50.4 Å². The maximum Gasteiger partial charge on any atom is 0.121 e. The van der Waals surface area contributed by atoms with Crippen molar-refractivity contribution in [3.05, 3.63) is 58.1 Å². The molecule has 0 amide bonds. The number of aliphatic hydroxyl groups excluding tert-OH is 1. The van der Waals surface area contributed by atoms with E-state index in [4.69, 9.17) is 16.3 Å². The van der Waals surface area contributed by atoms with E-state index < -0.39 is 6.10 Å². The molecule has 0 radical (unpaired) electrons. The van der Waals surface area contributed by atoms with Gasteiger partial charge in [-0.25, -0.2) is 4.98 Å². The second-order valence-corrected chi connectivity index (χ2v) is 9.20. The minimum absolute atomic E-state index is 0.291. The molecule has 29 heavy (non-hydrogen) atoms. The fourth-order valence-electron chi connectivity index (χ4n) is 3.63. The van der Waals surface area contributed by atoms with Crippen LogP contribution in [0.2, 0.25) is 5.02 Å². The lowest BCUT2D eigenvalue weighted by atomic mass is 10.2. The van der Waals surface area contributed by atoms with E-state index in [0.717, 1.165) is 58.7 Å². The van der Waals surface area contributed by atoms with Crippen LogP contribution in [0.1, 0.15) is 10.6 Å². The molecule has 4 rings (SSSR count). The fourth-order valence-corrected chi connectivity index (χ4v) is 4.57. The van der Waals surface area contributed by atoms with Crippen molar-refractivity contribution in [1.82, 2.24) is 14.8 Å². The van der Waals surface area contributed by atoms with Crippen molar-refractivity contribution in [2.24, 2.45) is 0 Å². The topological polar surface area (TPSA) is 48.8 Å². The van der Waals surface area contributed by atoms with Crippen LogP contribution in [0.25, 0.3) is 10.2 Å². The quantitative estimate of drug-likeness (QED) is 0.616. The lowest BCUT2D eigenvalue weighted by Gasteiger charge is -2.35. The molecule has 1 aliphatic heterocycles. The molecule has 7 heteroatoms. The predicted octanol–water partition coefficient (Wildman–Crippen LogP) is 3.82. The number of piperazine rings is 1. The van der Waals surface area contributed by atoms with Crippen molar-refractivity contribution in [2.75, 3.05) is 39.3 Å². The van der Waals surface area contributed by atoms with Crippen molar-refractivity contribution < 1.29 is 9.84 Å². The molecule has 2 heterocycles. The third-order valence-electron chi connectivity index (χ3n) is 5.16. The molecule has 0 saturated carbocycles. The first-order chi connectivity index (χ1) is 14.0. The molecule has 0 aliphatic carbocycles. The van der Waals surface area contributed by atoms with Crippen molar-refractivity contribution in [3.8, 4) is 5.75 Å². The fraction of sp³-hybridized carbons (Fsp3) is 0.409. The van der Waals surface area contributed by atoms with E-state index in [-0.39, 0.29) is 0 Å². The highest BCUT2D eigenvalue weighted by Gasteiger charge is 2.19. The molecular formula is C22H26ClN3O2S. The number of hydrogen-bond donors (Lipinski definition) is 1. The number of nitrogens with zero attached hydrogens (tertiary/aromatic N) is 3. The lowest BCUT2D eigenvalue weighted by molar-refractivity contribution is 0.0446. The van der Waals surface area contributed by atoms with E-state index in [0.29, 0.717) is 13.2 Å². The van der Waals surface area contributed by atoms with E-state index in [9.17, 15) is 5.11 Å². The number of halogens is 1. The summed E-state index contributed by atoms with van der Waals surface area (Å²) in [6.45, 7) is 7.77. The zero-order valence-corrected chi connectivity index (χ0v) is 18.1. The highest BCUT2D eigenvalue weighted by Crippen LogP contribution is 2.25. The van der Waals surface area contributed by atoms with Crippen LogP contribution < -0.4 is 4.74 Å². The molecule has 2 aromatic carbocycles. The van der Waals surface area contributed by atoms with Gasteiger partial charge in [0.15, 0.2) is 0 Å². The van der Waals surface area contributed by atoms with E-state index in [1.807, 2.05) is 37.3 Å². The Labute approximate surface area is 180 Å². The zero-order valence-electron chi connectivity index (χ0n) is 16.6. The molecule has 1 fully saturated rings. The third kappa shape index (κ3) is 5.68. The van der Waals surface area contributed by atoms with Crippen LogP contribution in [-0.2, 0) is 6.54 Å². The Hall–Kier alpha value is -1.70. The van der Waals surface area contributed by atoms with Gasteiger partial charge >= 0.3 is 0 Å². The Morgan fingerprint density at radius 2 is 1.83 bits per heavy atom. The third-order valence-corrected chi connectivity index (χ3v) is 6.37. The molecule has 3 aromatic rings. The number of thiazole rings is 1. The minimum Gasteiger partial charge on any atom is -0.491 e. The monoisotopic (exact) mass is 431 g/mol. The second kappa shape index (κ2) is 9.41. The van der Waals surface area contributed by atoms with Crippen molar-refractivity contribution in [2.45, 2.75) is 19.6 Å². The van der Waals surface area contributed by atoms with Crippen LogP contribution in [0, 0.1) is 6.92 Å². The summed E-state index contributed by atoms with van der Waals surface area (Å²) in [7, 11) is 0. The summed E-state index contributed by atoms with van der Waals surface area (Å²) in [5, 5.41) is 12.2. The Bertz CT molecular complexity index is 939. The van der Waals surface area contributed by atoms with Crippen LogP contribution in [0.3, 0.4) is 0 Å². The van der Waals surface area contributed by atoms with Gasteiger partial charge in [0.05, 0.1) is 15.2 Å². The summed E-state index contributed by atoms with van der Waals surface area (Å²) >= 11 is 7.63. The first-order valence-electron chi connectivity index (χ1n) is 9.92. The number of β-amino-alcohol motifs (C(OH)–C–C–N with tert-alkyl or cyclic N) is 1. The zero-order chi connectivity index (χ0) is 20.2. The molecule has 0 spiro atoms. The van der Waals surface area contributed by atoms with Crippen molar-refractivity contribution in [3.63, 3.8) is 0 Å². The number of aryl methyl sites for hydroxylation is 1. The highest BCUT2D eigenvalue weighted by atomic mass is 35.5. The van der Waals surface area contributed by atoms with Gasteiger partial charge in [-0.05, 0) is 36.8 Å². The first-order valence-corrected chi connectivity index (χ1v) is 11.1. The summed E-state index contributed by atoms with van der Waals surface area (Å²) in [6, 6.07) is 14.0. The van der Waals surface area contributed by atoms with E-state index in [2.05, 4.69) is 26.9 Å². The predicted molar refractivity (Wildman–Crippen MR) is 119 cm³/mol. The molecule has 0 bridgehead atoms. The van der Waals surface area contributed by atoms with Gasteiger partial charge < -0.3 is 9.84 Å². The van der Waals surface area contributed by atoms with Gasteiger partial charge in [0.1, 0.15) is 18.5 Å². The second-order valence-electron chi connectivity index (χ2n) is 7.53. The number of aliphatic hydroxyl groups is 1. The van der Waals surface area contributed by atoms with E-state index in [1.54, 1.807) is 11.3 Å². The van der Waals surface area contributed by atoms with E-state index >= 15 is 0 Å². The van der Waals surface area contributed by atoms with Crippen LogP contribution in [-0.4, -0.2) is 65.3 Å². The molecule has 5 nitrogen and oxygen atoms in total. The van der Waals surface area contributed by atoms with Gasteiger partial charge in [-0.1, -0.05) is 23.7 Å². The standard InChI is InChI=1S/C22H26ClN3O2S/c1-16-24-21-12-20(6-7-22(21)29-16)28-15-19(27)14-26-10-8-25(9-11-26)13-17-2-4-18(23)5-3-17/h2-7,12,19,27H,8-11,13-15H2,1H3. The molecule has 1 N–H and O–H groups in total. The smallest absolute Gasteiger partial charge is 0.121 e. The molecular weight excluding hydrogens is 406 g/mol. The SMILES string of the molecule is Cc1nc2cc(OCC(O)CN3CCN(Cc4ccc(Cl)cc4)CC3)ccc2s1. The normalized spacial score (nSPS) is 16.9. The Balaban J connectivity index is 1.20. The maximum absolute atomic E-state index is 10.4. The summed E-state index contributed by atoms with van der Waals surface area (Å²) in [4.78, 5) is 9.24. The number of hydrogen-bond acceptors (Lipinski definition) is 6. The summed E-state index contributed by atoms with van der Waals surface area (Å²) < 4.78 is 6.96. The molecule has 1 unspecified atom stereocenters. The summed E-state index contributed by atoms with van der Waals surface area (Å²) in [5.41, 5.74) is 2.24.